The Labute approximate surface area is 154 Å². The lowest BCUT2D eigenvalue weighted by Crippen LogP contribution is -2.66. The van der Waals surface area contributed by atoms with Crippen molar-refractivity contribution in [1.82, 2.24) is 5.32 Å². The van der Waals surface area contributed by atoms with Crippen molar-refractivity contribution >= 4 is 17.6 Å². The van der Waals surface area contributed by atoms with E-state index in [-0.39, 0.29) is 11.4 Å². The van der Waals surface area contributed by atoms with Crippen molar-refractivity contribution in [2.45, 2.75) is 44.5 Å². The van der Waals surface area contributed by atoms with E-state index in [2.05, 4.69) is 5.32 Å². The number of amides is 1. The van der Waals surface area contributed by atoms with Crippen LogP contribution in [0.4, 0.5) is 5.69 Å². The van der Waals surface area contributed by atoms with E-state index in [0.29, 0.717) is 0 Å². The van der Waals surface area contributed by atoms with E-state index in [0.717, 1.165) is 6.92 Å². The molecule has 5 atom stereocenters. The molecule has 0 saturated carbocycles. The zero-order valence-electron chi connectivity index (χ0n) is 14.6. The van der Waals surface area contributed by atoms with Crippen LogP contribution in [-0.4, -0.2) is 64.3 Å². The van der Waals surface area contributed by atoms with Gasteiger partial charge >= 0.3 is 5.97 Å². The average molecular weight is 384 g/mol. The highest BCUT2D eigenvalue weighted by molar-refractivity contribution is 5.73. The summed E-state index contributed by atoms with van der Waals surface area (Å²) in [5.41, 5.74) is -0.147. The molecule has 1 aliphatic rings. The summed E-state index contributed by atoms with van der Waals surface area (Å²) < 4.78 is 16.2. The number of esters is 1. The Kier molecular flexibility index (Phi) is 6.66. The number of ether oxygens (including phenoxy) is 3. The molecule has 2 rings (SSSR count). The quantitative estimate of drug-likeness (QED) is 0.334. The number of nitrogens with zero attached hydrogens (tertiary/aromatic N) is 1. The van der Waals surface area contributed by atoms with E-state index >= 15 is 0 Å². The largest absolute Gasteiger partial charge is 0.463 e. The highest BCUT2D eigenvalue weighted by atomic mass is 16.7. The summed E-state index contributed by atoms with van der Waals surface area (Å²) in [4.78, 5) is 33.1. The number of carbonyl (C=O) groups excluding carboxylic acids is 2. The van der Waals surface area contributed by atoms with Gasteiger partial charge < -0.3 is 29.7 Å². The first-order valence-electron chi connectivity index (χ1n) is 8.02. The Morgan fingerprint density at radius 1 is 1.30 bits per heavy atom. The van der Waals surface area contributed by atoms with Gasteiger partial charge in [-0.1, -0.05) is 0 Å². The molecule has 11 nitrogen and oxygen atoms in total. The number of carbonyl (C=O) groups is 2. The van der Waals surface area contributed by atoms with Crippen LogP contribution in [0.3, 0.4) is 0 Å². The molecular formula is C16H20N2O9. The number of rotatable bonds is 6. The van der Waals surface area contributed by atoms with Gasteiger partial charge in [0.2, 0.25) is 12.2 Å². The van der Waals surface area contributed by atoms with Gasteiger partial charge in [-0.15, -0.1) is 0 Å². The number of aliphatic hydroxyl groups excluding tert-OH is 2. The fraction of sp³-hybridized carbons (Fsp3) is 0.500. The van der Waals surface area contributed by atoms with Crippen molar-refractivity contribution < 1.29 is 38.9 Å². The van der Waals surface area contributed by atoms with Crippen molar-refractivity contribution in [3.63, 3.8) is 0 Å². The van der Waals surface area contributed by atoms with Crippen molar-refractivity contribution in [2.75, 3.05) is 6.61 Å². The molecule has 0 aromatic heterocycles. The molecule has 1 aromatic rings. The summed E-state index contributed by atoms with van der Waals surface area (Å²) in [6.07, 6.45) is -5.02. The summed E-state index contributed by atoms with van der Waals surface area (Å²) in [7, 11) is 0. The van der Waals surface area contributed by atoms with Gasteiger partial charge in [-0.2, -0.15) is 0 Å². The van der Waals surface area contributed by atoms with Gasteiger partial charge in [0, 0.05) is 26.0 Å². The molecule has 0 bridgehead atoms. The summed E-state index contributed by atoms with van der Waals surface area (Å²) in [5, 5.41) is 32.9. The van der Waals surface area contributed by atoms with Crippen molar-refractivity contribution in [3.8, 4) is 5.75 Å². The van der Waals surface area contributed by atoms with E-state index in [4.69, 9.17) is 14.2 Å². The topological polar surface area (TPSA) is 157 Å². The third-order valence-electron chi connectivity index (χ3n) is 3.83. The number of hydrogen-bond acceptors (Lipinski definition) is 9. The fourth-order valence-corrected chi connectivity index (χ4v) is 2.67. The molecule has 1 unspecified atom stereocenters. The normalized spacial score (nSPS) is 27.5. The number of nitrogens with one attached hydrogen (secondary N) is 1. The Hall–Kier alpha value is -2.76. The van der Waals surface area contributed by atoms with Crippen LogP contribution in [0, 0.1) is 10.1 Å². The van der Waals surface area contributed by atoms with Crippen LogP contribution in [0.5, 0.6) is 5.75 Å². The van der Waals surface area contributed by atoms with Gasteiger partial charge in [-0.3, -0.25) is 19.7 Å². The lowest BCUT2D eigenvalue weighted by Gasteiger charge is -2.43. The molecule has 1 saturated heterocycles. The van der Waals surface area contributed by atoms with E-state index < -0.39 is 54.1 Å². The van der Waals surface area contributed by atoms with Gasteiger partial charge in [0.05, 0.1) is 11.5 Å². The highest BCUT2D eigenvalue weighted by Crippen LogP contribution is 2.27. The van der Waals surface area contributed by atoms with Crippen LogP contribution in [-0.2, 0) is 19.1 Å². The SMILES string of the molecule is CC(=O)N[C@@H]1C(Oc2ccc([N+](=O)[O-])cc2)O[C@@H](CO)[C@H](O)[C@H]1OC(C)=O. The average Bonchev–Trinajstić information content (AvgIpc) is 2.60. The second kappa shape index (κ2) is 8.75. The van der Waals surface area contributed by atoms with Gasteiger partial charge in [0.25, 0.3) is 5.69 Å². The number of nitro groups is 1. The first-order valence-corrected chi connectivity index (χ1v) is 8.02. The van der Waals surface area contributed by atoms with E-state index in [1.165, 1.54) is 31.2 Å². The monoisotopic (exact) mass is 384 g/mol. The van der Waals surface area contributed by atoms with Crippen LogP contribution in [0.25, 0.3) is 0 Å². The van der Waals surface area contributed by atoms with Gasteiger partial charge in [-0.05, 0) is 12.1 Å². The summed E-state index contributed by atoms with van der Waals surface area (Å²) in [5.74, 6) is -1.02. The van der Waals surface area contributed by atoms with E-state index in [1.54, 1.807) is 0 Å². The zero-order chi connectivity index (χ0) is 20.1. The lowest BCUT2D eigenvalue weighted by atomic mass is 9.96. The van der Waals surface area contributed by atoms with E-state index in [9.17, 15) is 29.9 Å². The molecule has 27 heavy (non-hydrogen) atoms. The lowest BCUT2D eigenvalue weighted by molar-refractivity contribution is -0.384. The van der Waals surface area contributed by atoms with Crippen molar-refractivity contribution in [1.29, 1.82) is 0 Å². The molecule has 148 valence electrons. The number of benzene rings is 1. The fourth-order valence-electron chi connectivity index (χ4n) is 2.67. The molecule has 1 heterocycles. The molecular weight excluding hydrogens is 364 g/mol. The molecule has 1 aliphatic heterocycles. The second-order valence-electron chi connectivity index (χ2n) is 5.89. The van der Waals surface area contributed by atoms with Crippen molar-refractivity contribution in [2.24, 2.45) is 0 Å². The van der Waals surface area contributed by atoms with Crippen LogP contribution < -0.4 is 10.1 Å². The number of non-ortho nitro benzene ring substituents is 1. The Bertz CT molecular complexity index is 694. The Balaban J connectivity index is 2.29. The van der Waals surface area contributed by atoms with Crippen LogP contribution >= 0.6 is 0 Å². The standard InChI is InChI=1S/C16H20N2O9/c1-8(20)17-13-15(25-9(2)21)14(22)12(7-19)27-16(13)26-11-5-3-10(4-6-11)18(23)24/h3-6,12-16,19,22H,7H2,1-2H3,(H,17,20)/t12-,13-,14-,15-,16?/m0/s1. The van der Waals surface area contributed by atoms with E-state index in [1.807, 2.05) is 0 Å². The molecule has 1 aromatic carbocycles. The van der Waals surface area contributed by atoms with Gasteiger partial charge in [-0.25, -0.2) is 0 Å². The molecule has 0 spiro atoms. The van der Waals surface area contributed by atoms with Crippen molar-refractivity contribution in [3.05, 3.63) is 34.4 Å². The third kappa shape index (κ3) is 5.12. The van der Waals surface area contributed by atoms with Crippen LogP contribution in [0.2, 0.25) is 0 Å². The molecule has 0 aliphatic carbocycles. The molecule has 1 fully saturated rings. The maximum absolute atomic E-state index is 11.5. The number of aliphatic hydroxyl groups is 2. The molecule has 3 N–H and O–H groups in total. The zero-order valence-corrected chi connectivity index (χ0v) is 14.6. The minimum Gasteiger partial charge on any atom is -0.463 e. The smallest absolute Gasteiger partial charge is 0.303 e. The maximum atomic E-state index is 11.5. The van der Waals surface area contributed by atoms with Gasteiger partial charge in [0.1, 0.15) is 24.0 Å². The van der Waals surface area contributed by atoms with Crippen LogP contribution in [0.1, 0.15) is 13.8 Å². The predicted octanol–water partition coefficient (Wildman–Crippen LogP) is -0.512. The first kappa shape index (κ1) is 20.6. The minimum absolute atomic E-state index is 0.147. The number of nitro benzene ring substituents is 1. The second-order valence-corrected chi connectivity index (χ2v) is 5.89. The maximum Gasteiger partial charge on any atom is 0.303 e. The minimum atomic E-state index is -1.41. The van der Waals surface area contributed by atoms with Gasteiger partial charge in [0.15, 0.2) is 6.10 Å². The third-order valence-corrected chi connectivity index (χ3v) is 3.83. The first-order chi connectivity index (χ1) is 12.7. The Morgan fingerprint density at radius 2 is 1.93 bits per heavy atom. The molecule has 1 amide bonds. The summed E-state index contributed by atoms with van der Waals surface area (Å²) in [6.45, 7) is 1.76. The van der Waals surface area contributed by atoms with Crippen LogP contribution in [0.15, 0.2) is 24.3 Å². The highest BCUT2D eigenvalue weighted by Gasteiger charge is 2.48. The summed E-state index contributed by atoms with van der Waals surface area (Å²) >= 11 is 0. The molecule has 11 heteroatoms. The number of hydrogen-bond donors (Lipinski definition) is 3. The Morgan fingerprint density at radius 3 is 2.41 bits per heavy atom. The molecule has 0 radical (unpaired) electrons. The summed E-state index contributed by atoms with van der Waals surface area (Å²) in [6, 6.07) is 4.00. The predicted molar refractivity (Wildman–Crippen MR) is 88.6 cm³/mol.